The number of carbonyl (C=O) groups is 1. The Morgan fingerprint density at radius 3 is 2.69 bits per heavy atom. The van der Waals surface area contributed by atoms with Gasteiger partial charge in [0.05, 0.1) is 5.56 Å². The predicted molar refractivity (Wildman–Crippen MR) is 107 cm³/mol. The van der Waals surface area contributed by atoms with Crippen LogP contribution < -0.4 is 0 Å². The molecule has 0 saturated heterocycles. The quantitative estimate of drug-likeness (QED) is 0.490. The van der Waals surface area contributed by atoms with Gasteiger partial charge in [-0.2, -0.15) is 0 Å². The number of aliphatic hydroxyl groups is 1. The van der Waals surface area contributed by atoms with Crippen LogP contribution in [0, 0.1) is 5.92 Å². The van der Waals surface area contributed by atoms with Gasteiger partial charge in [-0.1, -0.05) is 49.3 Å². The molecule has 0 aliphatic heterocycles. The molecule has 3 heteroatoms. The predicted octanol–water partition coefficient (Wildman–Crippen LogP) is 5.32. The number of ketones is 1. The molecule has 2 atom stereocenters. The number of hydrogen-bond acceptors (Lipinski definition) is 3. The van der Waals surface area contributed by atoms with E-state index in [1.807, 2.05) is 19.1 Å². The minimum absolute atomic E-state index is 0.0163. The molecule has 0 fully saturated rings. The maximum absolute atomic E-state index is 12.7. The third-order valence-electron chi connectivity index (χ3n) is 5.39. The van der Waals surface area contributed by atoms with Gasteiger partial charge in [0, 0.05) is 24.5 Å². The van der Waals surface area contributed by atoms with E-state index in [-0.39, 0.29) is 36.4 Å². The largest absolute Gasteiger partial charge is 0.507 e. The van der Waals surface area contributed by atoms with Crippen molar-refractivity contribution in [3.05, 3.63) is 52.6 Å². The summed E-state index contributed by atoms with van der Waals surface area (Å²) in [5.74, 6) is 0.384. The fourth-order valence-corrected chi connectivity index (χ4v) is 4.00. The van der Waals surface area contributed by atoms with E-state index in [2.05, 4.69) is 26.5 Å². The SMILES string of the molecule is C=C(C)C1CCC(C)=C[C@H]1c1ccc(CCC)c(C(=O)CCCO)c1O. The lowest BCUT2D eigenvalue weighted by molar-refractivity contribution is 0.0967. The van der Waals surface area contributed by atoms with Crippen molar-refractivity contribution in [1.82, 2.24) is 0 Å². The molecule has 0 bridgehead atoms. The fraction of sp³-hybridized carbons (Fsp3) is 0.522. The van der Waals surface area contributed by atoms with Crippen molar-refractivity contribution in [2.45, 2.75) is 65.2 Å². The first-order valence-corrected chi connectivity index (χ1v) is 9.72. The highest BCUT2D eigenvalue weighted by Crippen LogP contribution is 2.44. The summed E-state index contributed by atoms with van der Waals surface area (Å²) in [6, 6.07) is 3.98. The second-order valence-electron chi connectivity index (χ2n) is 7.57. The first kappa shape index (κ1) is 20.4. The lowest BCUT2D eigenvalue weighted by Crippen LogP contribution is -2.18. The monoisotopic (exact) mass is 356 g/mol. The Balaban J connectivity index is 2.53. The Kier molecular flexibility index (Phi) is 7.22. The summed E-state index contributed by atoms with van der Waals surface area (Å²) in [6.07, 6.45) is 6.64. The standard InChI is InChI=1S/C23H32O3/c1-5-7-17-10-12-19(23(26)22(17)21(25)8-6-13-24)20-14-16(4)9-11-18(20)15(2)3/h10,12,14,18,20,24,26H,2,5-9,11,13H2,1,3-4H3/t18?,20-/m1/s1. The minimum atomic E-state index is -0.0785. The average Bonchev–Trinajstić information content (AvgIpc) is 2.60. The van der Waals surface area contributed by atoms with Crippen LogP contribution in [0.3, 0.4) is 0 Å². The maximum atomic E-state index is 12.7. The summed E-state index contributed by atoms with van der Waals surface area (Å²) < 4.78 is 0. The average molecular weight is 357 g/mol. The van der Waals surface area contributed by atoms with Crippen LogP contribution in [0.1, 0.15) is 80.3 Å². The Hall–Kier alpha value is -1.87. The second-order valence-corrected chi connectivity index (χ2v) is 7.57. The van der Waals surface area contributed by atoms with Crippen molar-refractivity contribution in [2.75, 3.05) is 6.61 Å². The molecule has 0 spiro atoms. The summed E-state index contributed by atoms with van der Waals surface area (Å²) in [4.78, 5) is 12.7. The van der Waals surface area contributed by atoms with Gasteiger partial charge in [-0.15, -0.1) is 0 Å². The van der Waals surface area contributed by atoms with E-state index in [0.717, 1.165) is 42.4 Å². The number of benzene rings is 1. The van der Waals surface area contributed by atoms with Crippen molar-refractivity contribution >= 4 is 5.78 Å². The van der Waals surface area contributed by atoms with Gasteiger partial charge in [0.15, 0.2) is 5.78 Å². The van der Waals surface area contributed by atoms with Crippen molar-refractivity contribution < 1.29 is 15.0 Å². The third-order valence-corrected chi connectivity index (χ3v) is 5.39. The molecule has 0 amide bonds. The van der Waals surface area contributed by atoms with Gasteiger partial charge >= 0.3 is 0 Å². The van der Waals surface area contributed by atoms with Crippen LogP contribution in [0.2, 0.25) is 0 Å². The molecule has 0 heterocycles. The van der Waals surface area contributed by atoms with Crippen LogP contribution in [-0.4, -0.2) is 22.6 Å². The van der Waals surface area contributed by atoms with E-state index in [1.165, 1.54) is 5.57 Å². The Bertz CT molecular complexity index is 700. The first-order valence-electron chi connectivity index (χ1n) is 9.72. The molecule has 26 heavy (non-hydrogen) atoms. The highest BCUT2D eigenvalue weighted by Gasteiger charge is 2.30. The summed E-state index contributed by atoms with van der Waals surface area (Å²) in [6.45, 7) is 10.4. The number of hydrogen-bond donors (Lipinski definition) is 2. The Labute approximate surface area is 157 Å². The number of allylic oxidation sites excluding steroid dienone is 3. The second kappa shape index (κ2) is 9.18. The van der Waals surface area contributed by atoms with Gasteiger partial charge in [0.2, 0.25) is 0 Å². The zero-order valence-corrected chi connectivity index (χ0v) is 16.3. The van der Waals surface area contributed by atoms with E-state index >= 15 is 0 Å². The Morgan fingerprint density at radius 2 is 2.08 bits per heavy atom. The van der Waals surface area contributed by atoms with Crippen molar-refractivity contribution in [1.29, 1.82) is 0 Å². The highest BCUT2D eigenvalue weighted by atomic mass is 16.3. The normalized spacial score (nSPS) is 19.9. The molecule has 0 radical (unpaired) electrons. The molecule has 0 aromatic heterocycles. The van der Waals surface area contributed by atoms with Crippen LogP contribution in [0.4, 0.5) is 0 Å². The van der Waals surface area contributed by atoms with Gasteiger partial charge in [0.25, 0.3) is 0 Å². The minimum Gasteiger partial charge on any atom is -0.507 e. The number of aromatic hydroxyl groups is 1. The van der Waals surface area contributed by atoms with Crippen LogP contribution in [0.15, 0.2) is 35.9 Å². The number of aryl methyl sites for hydroxylation is 1. The summed E-state index contributed by atoms with van der Waals surface area (Å²) >= 11 is 0. The molecule has 1 aliphatic carbocycles. The number of phenolic OH excluding ortho intramolecular Hbond substituents is 1. The molecule has 0 saturated carbocycles. The number of Topliss-reactive ketones (excluding diaryl/α,β-unsaturated/α-hetero) is 1. The van der Waals surface area contributed by atoms with E-state index in [9.17, 15) is 9.90 Å². The third kappa shape index (κ3) is 4.45. The summed E-state index contributed by atoms with van der Waals surface area (Å²) in [5, 5.41) is 20.1. The molecule has 142 valence electrons. The fourth-order valence-electron chi connectivity index (χ4n) is 4.00. The number of phenols is 1. The smallest absolute Gasteiger partial charge is 0.166 e. The van der Waals surface area contributed by atoms with E-state index in [4.69, 9.17) is 5.11 Å². The molecule has 1 aromatic rings. The highest BCUT2D eigenvalue weighted by molar-refractivity contribution is 6.00. The molecule has 1 aromatic carbocycles. The van der Waals surface area contributed by atoms with E-state index in [1.54, 1.807) is 0 Å². The summed E-state index contributed by atoms with van der Waals surface area (Å²) in [5.41, 5.74) is 4.61. The molecule has 2 N–H and O–H groups in total. The molecule has 1 aliphatic rings. The van der Waals surface area contributed by atoms with Crippen LogP contribution in [0.5, 0.6) is 5.75 Å². The van der Waals surface area contributed by atoms with Gasteiger partial charge in [-0.05, 0) is 51.0 Å². The maximum Gasteiger partial charge on any atom is 0.166 e. The molecule has 3 nitrogen and oxygen atoms in total. The first-order chi connectivity index (χ1) is 12.4. The van der Waals surface area contributed by atoms with Crippen LogP contribution in [-0.2, 0) is 6.42 Å². The molecule has 1 unspecified atom stereocenters. The number of aliphatic hydroxyl groups excluding tert-OH is 1. The summed E-state index contributed by atoms with van der Waals surface area (Å²) in [7, 11) is 0. The zero-order chi connectivity index (χ0) is 19.3. The Morgan fingerprint density at radius 1 is 1.35 bits per heavy atom. The van der Waals surface area contributed by atoms with Crippen LogP contribution >= 0.6 is 0 Å². The van der Waals surface area contributed by atoms with Gasteiger partial charge < -0.3 is 10.2 Å². The van der Waals surface area contributed by atoms with Gasteiger partial charge in [-0.25, -0.2) is 0 Å². The number of carbonyl (C=O) groups excluding carboxylic acids is 1. The van der Waals surface area contributed by atoms with Crippen molar-refractivity contribution in [3.63, 3.8) is 0 Å². The van der Waals surface area contributed by atoms with Gasteiger partial charge in [-0.3, -0.25) is 4.79 Å². The lowest BCUT2D eigenvalue weighted by atomic mass is 9.73. The zero-order valence-electron chi connectivity index (χ0n) is 16.3. The molecular weight excluding hydrogens is 324 g/mol. The van der Waals surface area contributed by atoms with Crippen molar-refractivity contribution in [2.24, 2.45) is 5.92 Å². The van der Waals surface area contributed by atoms with Crippen molar-refractivity contribution in [3.8, 4) is 5.75 Å². The van der Waals surface area contributed by atoms with E-state index < -0.39 is 0 Å². The lowest BCUT2D eigenvalue weighted by Gasteiger charge is -2.31. The topological polar surface area (TPSA) is 57.5 Å². The van der Waals surface area contributed by atoms with Gasteiger partial charge in [0.1, 0.15) is 5.75 Å². The van der Waals surface area contributed by atoms with Crippen LogP contribution in [0.25, 0.3) is 0 Å². The molecule has 2 rings (SSSR count). The van der Waals surface area contributed by atoms with E-state index in [0.29, 0.717) is 12.0 Å². The number of rotatable bonds is 8. The molecular formula is C23H32O3.